The Labute approximate surface area is 190 Å². The fourth-order valence-electron chi connectivity index (χ4n) is 3.29. The van der Waals surface area contributed by atoms with Gasteiger partial charge in [0.05, 0.1) is 6.10 Å². The molecule has 0 saturated heterocycles. The van der Waals surface area contributed by atoms with Crippen LogP contribution in [0.1, 0.15) is 38.3 Å². The zero-order valence-corrected chi connectivity index (χ0v) is 19.0. The van der Waals surface area contributed by atoms with E-state index in [1.807, 2.05) is 32.9 Å². The Kier molecular flexibility index (Phi) is 7.25. The highest BCUT2D eigenvalue weighted by Gasteiger charge is 2.26. The van der Waals surface area contributed by atoms with Gasteiger partial charge in [0.2, 0.25) is 0 Å². The average molecular weight is 467 g/mol. The molecule has 2 aromatic rings. The molecule has 1 aliphatic rings. The molecule has 0 unspecified atom stereocenters. The van der Waals surface area contributed by atoms with Crippen LogP contribution in [0.2, 0.25) is 5.28 Å². The van der Waals surface area contributed by atoms with Gasteiger partial charge in [0.25, 0.3) is 0 Å². The van der Waals surface area contributed by atoms with Gasteiger partial charge < -0.3 is 29.6 Å². The molecule has 174 valence electrons. The van der Waals surface area contributed by atoms with E-state index in [4.69, 9.17) is 21.1 Å². The maximum Gasteiger partial charge on any atom is 0.410 e. The Morgan fingerprint density at radius 2 is 2.12 bits per heavy atom. The number of aliphatic hydroxyl groups is 1. The molecule has 0 bridgehead atoms. The fourth-order valence-corrected chi connectivity index (χ4v) is 3.51. The second kappa shape index (κ2) is 9.74. The molecular weight excluding hydrogens is 440 g/mol. The van der Waals surface area contributed by atoms with Gasteiger partial charge >= 0.3 is 17.2 Å². The van der Waals surface area contributed by atoms with Gasteiger partial charge in [-0.3, -0.25) is 4.57 Å². The summed E-state index contributed by atoms with van der Waals surface area (Å²) in [4.78, 5) is 27.7. The predicted octanol–water partition coefficient (Wildman–Crippen LogP) is 3.57. The van der Waals surface area contributed by atoms with Crippen molar-refractivity contribution >= 4 is 23.5 Å². The maximum atomic E-state index is 12.3. The number of hydrogen-bond acceptors (Lipinski definition) is 7. The Morgan fingerprint density at radius 3 is 2.78 bits per heavy atom. The van der Waals surface area contributed by atoms with Crippen LogP contribution in [0.4, 0.5) is 10.6 Å². The second-order valence-corrected chi connectivity index (χ2v) is 8.99. The van der Waals surface area contributed by atoms with Crippen LogP contribution in [0.3, 0.4) is 0 Å². The number of imidazole rings is 1. The summed E-state index contributed by atoms with van der Waals surface area (Å²) in [7, 11) is 0. The highest BCUT2D eigenvalue weighted by Crippen LogP contribution is 2.25. The number of aromatic nitrogens is 2. The summed E-state index contributed by atoms with van der Waals surface area (Å²) >= 11 is 5.88. The van der Waals surface area contributed by atoms with Gasteiger partial charge in [-0.05, 0) is 78.4 Å². The highest BCUT2D eigenvalue weighted by molar-refractivity contribution is 6.28. The molecule has 3 rings (SSSR count). The molecule has 2 heterocycles. The Balaban J connectivity index is 1.50. The van der Waals surface area contributed by atoms with Crippen LogP contribution in [-0.2, 0) is 24.2 Å². The van der Waals surface area contributed by atoms with Gasteiger partial charge in [0, 0.05) is 19.6 Å². The van der Waals surface area contributed by atoms with Crippen molar-refractivity contribution in [2.24, 2.45) is 0 Å². The molecule has 10 nitrogen and oxygen atoms in total. The molecule has 1 amide bonds. The maximum absolute atomic E-state index is 12.3. The quantitative estimate of drug-likeness (QED) is 0.489. The number of fused-ring (bicyclic) bond motifs is 1. The lowest BCUT2D eigenvalue weighted by Gasteiger charge is -2.31. The van der Waals surface area contributed by atoms with Crippen molar-refractivity contribution < 1.29 is 24.3 Å². The van der Waals surface area contributed by atoms with Crippen molar-refractivity contribution in [3.8, 4) is 5.75 Å². The normalized spacial score (nSPS) is 14.6. The number of aryl methyl sites for hydroxylation is 1. The van der Waals surface area contributed by atoms with Crippen molar-refractivity contribution in [1.82, 2.24) is 14.5 Å². The first kappa shape index (κ1) is 23.8. The molecule has 0 fully saturated rings. The van der Waals surface area contributed by atoms with Gasteiger partial charge in [-0.2, -0.15) is 0 Å². The van der Waals surface area contributed by atoms with E-state index < -0.39 is 16.6 Å². The first-order chi connectivity index (χ1) is 15.0. The number of nitrogens with zero attached hydrogens (tertiary/aromatic N) is 4. The molecule has 32 heavy (non-hydrogen) atoms. The minimum absolute atomic E-state index is 0.0000637. The predicted molar refractivity (Wildman–Crippen MR) is 117 cm³/mol. The van der Waals surface area contributed by atoms with Crippen LogP contribution in [-0.4, -0.2) is 55.4 Å². The highest BCUT2D eigenvalue weighted by atomic mass is 35.5. The van der Waals surface area contributed by atoms with Gasteiger partial charge in [-0.15, -0.1) is 0 Å². The molecule has 0 aliphatic carbocycles. The number of carbonyl (C=O) groups excluding carboxylic acids is 1. The molecule has 0 saturated carbocycles. The molecule has 1 N–H and O–H groups in total. The molecule has 1 aliphatic heterocycles. The molecule has 1 atom stereocenters. The van der Waals surface area contributed by atoms with Crippen LogP contribution in [0.25, 0.3) is 0 Å². The van der Waals surface area contributed by atoms with Crippen LogP contribution >= 0.6 is 11.6 Å². The first-order valence-electron chi connectivity index (χ1n) is 10.3. The van der Waals surface area contributed by atoms with E-state index in [9.17, 15) is 20.0 Å². The summed E-state index contributed by atoms with van der Waals surface area (Å²) in [5.74, 6) is 0.296. The number of halogens is 1. The average Bonchev–Trinajstić information content (AvgIpc) is 3.10. The number of benzene rings is 1. The number of amides is 1. The molecule has 0 radical (unpaired) electrons. The zero-order chi connectivity index (χ0) is 23.5. The smallest absolute Gasteiger partial charge is 0.410 e. The Morgan fingerprint density at radius 1 is 1.38 bits per heavy atom. The number of hydrogen-bond donors (Lipinski definition) is 1. The Hall–Kier alpha value is -2.85. The second-order valence-electron chi connectivity index (χ2n) is 8.65. The summed E-state index contributed by atoms with van der Waals surface area (Å²) in [6, 6.07) is 5.64. The van der Waals surface area contributed by atoms with E-state index in [0.29, 0.717) is 31.7 Å². The summed E-state index contributed by atoms with van der Waals surface area (Å²) < 4.78 is 12.6. The lowest BCUT2D eigenvalue weighted by atomic mass is 10.00. The third-order valence-electron chi connectivity index (χ3n) is 4.89. The molecule has 1 aromatic heterocycles. The van der Waals surface area contributed by atoms with Crippen molar-refractivity contribution in [3.05, 3.63) is 50.9 Å². The molecule has 0 spiro atoms. The largest absolute Gasteiger partial charge is 0.491 e. The number of carbonyl (C=O) groups is 1. The van der Waals surface area contributed by atoms with E-state index >= 15 is 0 Å². The minimum Gasteiger partial charge on any atom is -0.491 e. The van der Waals surface area contributed by atoms with E-state index in [1.165, 1.54) is 10.8 Å². The summed E-state index contributed by atoms with van der Waals surface area (Å²) in [5.41, 5.74) is 1.59. The number of nitro groups is 1. The van der Waals surface area contributed by atoms with E-state index in [0.717, 1.165) is 11.1 Å². The summed E-state index contributed by atoms with van der Waals surface area (Å²) in [6.07, 6.45) is 1.11. The van der Waals surface area contributed by atoms with Gasteiger partial charge in [0.1, 0.15) is 24.2 Å². The van der Waals surface area contributed by atoms with Crippen LogP contribution < -0.4 is 4.74 Å². The number of aliphatic hydroxyl groups excluding tert-OH is 1. The van der Waals surface area contributed by atoms with Crippen molar-refractivity contribution in [2.45, 2.75) is 58.4 Å². The first-order valence-corrected chi connectivity index (χ1v) is 10.7. The van der Waals surface area contributed by atoms with Gasteiger partial charge in [-0.25, -0.2) is 4.79 Å². The van der Waals surface area contributed by atoms with E-state index in [2.05, 4.69) is 4.98 Å². The fraction of sp³-hybridized carbons (Fsp3) is 0.524. The zero-order valence-electron chi connectivity index (χ0n) is 18.3. The lowest BCUT2D eigenvalue weighted by molar-refractivity contribution is -0.389. The summed E-state index contributed by atoms with van der Waals surface area (Å²) in [6.45, 7) is 6.90. The topological polar surface area (TPSA) is 120 Å². The van der Waals surface area contributed by atoms with E-state index in [-0.39, 0.29) is 30.3 Å². The van der Waals surface area contributed by atoms with Gasteiger partial charge in [0.15, 0.2) is 0 Å². The lowest BCUT2D eigenvalue weighted by Crippen LogP contribution is -2.39. The molecule has 1 aromatic carbocycles. The Bertz CT molecular complexity index is 987. The third kappa shape index (κ3) is 6.33. The monoisotopic (exact) mass is 466 g/mol. The SMILES string of the molecule is CC(C)(C)OC(=O)N1CCc2cc(OC[C@H](O)CCn3cc([N+](=O)[O-])nc3Cl)ccc2C1. The van der Waals surface area contributed by atoms with Crippen molar-refractivity contribution in [2.75, 3.05) is 13.2 Å². The number of ether oxygens (including phenoxy) is 2. The number of rotatable bonds is 7. The standard InChI is InChI=1S/C21H27ClN4O6/c1-21(2,3)32-20(28)25-8-6-14-10-17(5-4-15(14)11-25)31-13-16(27)7-9-24-12-18(26(29)30)23-19(24)22/h4-5,10,12,16,27H,6-9,11,13H2,1-3H3/t16-/m1/s1. The van der Waals surface area contributed by atoms with Crippen LogP contribution in [0.15, 0.2) is 24.4 Å². The van der Waals surface area contributed by atoms with Crippen molar-refractivity contribution in [1.29, 1.82) is 0 Å². The summed E-state index contributed by atoms with van der Waals surface area (Å²) in [5, 5.41) is 21.0. The van der Waals surface area contributed by atoms with Crippen LogP contribution in [0.5, 0.6) is 5.75 Å². The van der Waals surface area contributed by atoms with Gasteiger partial charge in [-0.1, -0.05) is 6.07 Å². The molecule has 11 heteroatoms. The van der Waals surface area contributed by atoms with Crippen molar-refractivity contribution in [3.63, 3.8) is 0 Å². The van der Waals surface area contributed by atoms with E-state index in [1.54, 1.807) is 11.0 Å². The van der Waals surface area contributed by atoms with Crippen LogP contribution in [0, 0.1) is 10.1 Å². The third-order valence-corrected chi connectivity index (χ3v) is 5.19. The molecular formula is C21H27ClN4O6. The minimum atomic E-state index is -0.786.